The smallest absolute Gasteiger partial charge is 0.321 e. The van der Waals surface area contributed by atoms with Gasteiger partial charge < -0.3 is 20.1 Å². The molecule has 0 atom stereocenters. The lowest BCUT2D eigenvalue weighted by molar-refractivity contribution is -0.385. The number of hydrogen-bond acceptors (Lipinski definition) is 5. The molecule has 1 aliphatic heterocycles. The fraction of sp³-hybridized carbons (Fsp3) is 0.429. The largest absolute Gasteiger partial charge is 0.490 e. The molecule has 124 valence electrons. The van der Waals surface area contributed by atoms with Crippen LogP contribution >= 0.6 is 0 Å². The van der Waals surface area contributed by atoms with Gasteiger partial charge in [-0.25, -0.2) is 4.79 Å². The van der Waals surface area contributed by atoms with E-state index in [0.29, 0.717) is 25.9 Å². The summed E-state index contributed by atoms with van der Waals surface area (Å²) in [6.07, 6.45) is 0.789. The number of rotatable bonds is 4. The third kappa shape index (κ3) is 3.87. The highest BCUT2D eigenvalue weighted by Crippen LogP contribution is 2.30. The minimum Gasteiger partial charge on any atom is -0.490 e. The van der Waals surface area contributed by atoms with E-state index in [-0.39, 0.29) is 17.1 Å². The molecule has 9 heteroatoms. The maximum Gasteiger partial charge on any atom is 0.321 e. The molecule has 0 bridgehead atoms. The van der Waals surface area contributed by atoms with Crippen molar-refractivity contribution in [3.05, 3.63) is 28.3 Å². The summed E-state index contributed by atoms with van der Waals surface area (Å²) in [6.45, 7) is 0.669. The molecule has 0 aliphatic carbocycles. The molecule has 0 unspecified atom stereocenters. The Morgan fingerprint density at radius 1 is 1.39 bits per heavy atom. The summed E-state index contributed by atoms with van der Waals surface area (Å²) in [5.74, 6) is -1.17. The number of methoxy groups -OCH3 is 1. The number of aliphatic carboxylic acids is 1. The van der Waals surface area contributed by atoms with Crippen LogP contribution in [0.5, 0.6) is 5.75 Å². The number of nitro groups is 1. The molecule has 1 aromatic carbocycles. The molecule has 2 amide bonds. The number of nitro benzene ring substituents is 1. The van der Waals surface area contributed by atoms with Gasteiger partial charge in [0.25, 0.3) is 0 Å². The highest BCUT2D eigenvalue weighted by atomic mass is 16.6. The van der Waals surface area contributed by atoms with Crippen molar-refractivity contribution in [2.75, 3.05) is 25.5 Å². The zero-order valence-electron chi connectivity index (χ0n) is 12.5. The van der Waals surface area contributed by atoms with Gasteiger partial charge >= 0.3 is 17.7 Å². The van der Waals surface area contributed by atoms with E-state index < -0.39 is 22.8 Å². The van der Waals surface area contributed by atoms with Gasteiger partial charge in [-0.1, -0.05) is 0 Å². The van der Waals surface area contributed by atoms with Crippen molar-refractivity contribution in [2.45, 2.75) is 12.8 Å². The summed E-state index contributed by atoms with van der Waals surface area (Å²) in [6, 6.07) is 3.73. The molecule has 1 heterocycles. The number of carboxylic acids is 1. The van der Waals surface area contributed by atoms with E-state index >= 15 is 0 Å². The maximum atomic E-state index is 12.1. The van der Waals surface area contributed by atoms with Gasteiger partial charge in [-0.2, -0.15) is 0 Å². The highest BCUT2D eigenvalue weighted by molar-refractivity contribution is 5.90. The zero-order valence-corrected chi connectivity index (χ0v) is 12.5. The van der Waals surface area contributed by atoms with Gasteiger partial charge in [0.15, 0.2) is 5.75 Å². The Kier molecular flexibility index (Phi) is 4.99. The molecule has 1 aromatic rings. The zero-order chi connectivity index (χ0) is 17.0. The first-order valence-corrected chi connectivity index (χ1v) is 7.03. The van der Waals surface area contributed by atoms with E-state index in [9.17, 15) is 19.7 Å². The Labute approximate surface area is 132 Å². The van der Waals surface area contributed by atoms with Crippen LogP contribution in [0.1, 0.15) is 12.8 Å². The van der Waals surface area contributed by atoms with Crippen molar-refractivity contribution in [2.24, 2.45) is 5.92 Å². The summed E-state index contributed by atoms with van der Waals surface area (Å²) < 4.78 is 4.90. The van der Waals surface area contributed by atoms with E-state index in [1.807, 2.05) is 0 Å². The van der Waals surface area contributed by atoms with Crippen LogP contribution in [0.25, 0.3) is 0 Å². The van der Waals surface area contributed by atoms with E-state index in [4.69, 9.17) is 9.84 Å². The number of anilines is 1. The average molecular weight is 323 g/mol. The summed E-state index contributed by atoms with van der Waals surface area (Å²) >= 11 is 0. The van der Waals surface area contributed by atoms with E-state index in [2.05, 4.69) is 5.32 Å². The monoisotopic (exact) mass is 323 g/mol. The van der Waals surface area contributed by atoms with Crippen molar-refractivity contribution in [1.82, 2.24) is 4.90 Å². The number of urea groups is 1. The molecule has 23 heavy (non-hydrogen) atoms. The second-order valence-electron chi connectivity index (χ2n) is 5.17. The first-order chi connectivity index (χ1) is 10.9. The number of amides is 2. The van der Waals surface area contributed by atoms with Crippen molar-refractivity contribution in [1.29, 1.82) is 0 Å². The van der Waals surface area contributed by atoms with Gasteiger partial charge in [0.05, 0.1) is 18.0 Å². The molecule has 2 N–H and O–H groups in total. The van der Waals surface area contributed by atoms with Gasteiger partial charge in [-0.05, 0) is 25.0 Å². The summed E-state index contributed by atoms with van der Waals surface area (Å²) in [5.41, 5.74) is 0.0396. The number of nitrogens with one attached hydrogen (secondary N) is 1. The van der Waals surface area contributed by atoms with Crippen LogP contribution in [-0.2, 0) is 4.79 Å². The van der Waals surface area contributed by atoms with Gasteiger partial charge in [0.1, 0.15) is 0 Å². The van der Waals surface area contributed by atoms with Crippen LogP contribution in [0.3, 0.4) is 0 Å². The normalized spacial score (nSPS) is 15.1. The first kappa shape index (κ1) is 16.5. The molecule has 0 aromatic heterocycles. The molecule has 1 saturated heterocycles. The Morgan fingerprint density at radius 3 is 2.57 bits per heavy atom. The molecule has 9 nitrogen and oxygen atoms in total. The number of carbonyl (C=O) groups is 2. The Morgan fingerprint density at radius 2 is 2.04 bits per heavy atom. The maximum absolute atomic E-state index is 12.1. The number of likely N-dealkylation sites (tertiary alicyclic amines) is 1. The van der Waals surface area contributed by atoms with Crippen LogP contribution in [0.15, 0.2) is 18.2 Å². The van der Waals surface area contributed by atoms with E-state index in [1.54, 1.807) is 0 Å². The molecule has 1 aliphatic rings. The Hall–Kier alpha value is -2.84. The number of piperidine rings is 1. The summed E-state index contributed by atoms with van der Waals surface area (Å²) in [7, 11) is 1.33. The van der Waals surface area contributed by atoms with E-state index in [1.165, 1.54) is 30.2 Å². The second-order valence-corrected chi connectivity index (χ2v) is 5.17. The predicted molar refractivity (Wildman–Crippen MR) is 80.6 cm³/mol. The van der Waals surface area contributed by atoms with Gasteiger partial charge in [0, 0.05) is 24.8 Å². The number of benzene rings is 1. The number of ether oxygens (including phenoxy) is 1. The average Bonchev–Trinajstić information content (AvgIpc) is 2.54. The molecule has 0 spiro atoms. The SMILES string of the molecule is COc1ccc(NC(=O)N2CCC(C(=O)O)CC2)cc1[N+](=O)[O-]. The first-order valence-electron chi connectivity index (χ1n) is 7.03. The predicted octanol–water partition coefficient (Wildman–Crippen LogP) is 1.93. The third-order valence-electron chi connectivity index (χ3n) is 3.76. The fourth-order valence-corrected chi connectivity index (χ4v) is 2.44. The van der Waals surface area contributed by atoms with Gasteiger partial charge in [0.2, 0.25) is 0 Å². The Bertz CT molecular complexity index is 625. The van der Waals surface area contributed by atoms with Gasteiger partial charge in [-0.3, -0.25) is 14.9 Å². The number of carboxylic acid groups (broad SMARTS) is 1. The van der Waals surface area contributed by atoms with Crippen molar-refractivity contribution >= 4 is 23.4 Å². The van der Waals surface area contributed by atoms with Crippen LogP contribution in [0.4, 0.5) is 16.2 Å². The molecule has 0 radical (unpaired) electrons. The quantitative estimate of drug-likeness (QED) is 0.645. The molecule has 2 rings (SSSR count). The van der Waals surface area contributed by atoms with Crippen LogP contribution in [-0.4, -0.2) is 47.1 Å². The minimum absolute atomic E-state index is 0.107. The third-order valence-corrected chi connectivity index (χ3v) is 3.76. The van der Waals surface area contributed by atoms with Crippen molar-refractivity contribution in [3.8, 4) is 5.75 Å². The lowest BCUT2D eigenvalue weighted by Crippen LogP contribution is -2.42. The molecular formula is C14H17N3O6. The number of nitrogens with zero attached hydrogens (tertiary/aromatic N) is 2. The molecule has 0 saturated carbocycles. The van der Waals surface area contributed by atoms with Crippen LogP contribution in [0, 0.1) is 16.0 Å². The lowest BCUT2D eigenvalue weighted by Gasteiger charge is -2.30. The van der Waals surface area contributed by atoms with Gasteiger partial charge in [-0.15, -0.1) is 0 Å². The number of carbonyl (C=O) groups excluding carboxylic acids is 1. The standard InChI is InChI=1S/C14H17N3O6/c1-23-12-3-2-10(8-11(12)17(21)22)15-14(20)16-6-4-9(5-7-16)13(18)19/h2-3,8-9H,4-7H2,1H3,(H,15,20)(H,18,19). The minimum atomic E-state index is -0.851. The lowest BCUT2D eigenvalue weighted by atomic mass is 9.97. The fourth-order valence-electron chi connectivity index (χ4n) is 2.44. The second kappa shape index (κ2) is 6.95. The van der Waals surface area contributed by atoms with Crippen LogP contribution in [0.2, 0.25) is 0 Å². The van der Waals surface area contributed by atoms with Crippen molar-refractivity contribution in [3.63, 3.8) is 0 Å². The molecule has 1 fully saturated rings. The summed E-state index contributed by atoms with van der Waals surface area (Å²) in [4.78, 5) is 34.9. The molecular weight excluding hydrogens is 306 g/mol. The Balaban J connectivity index is 2.02. The topological polar surface area (TPSA) is 122 Å². The summed E-state index contributed by atoms with van der Waals surface area (Å²) in [5, 5.41) is 22.5. The number of hydrogen-bond donors (Lipinski definition) is 2. The van der Waals surface area contributed by atoms with Crippen LogP contribution < -0.4 is 10.1 Å². The van der Waals surface area contributed by atoms with Crippen molar-refractivity contribution < 1.29 is 24.4 Å². The highest BCUT2D eigenvalue weighted by Gasteiger charge is 2.27. The van der Waals surface area contributed by atoms with E-state index in [0.717, 1.165) is 0 Å².